The number of amides is 1. The van der Waals surface area contributed by atoms with Gasteiger partial charge in [-0.25, -0.2) is 8.42 Å². The number of thioether (sulfide) groups is 1. The van der Waals surface area contributed by atoms with E-state index < -0.39 is 21.8 Å². The van der Waals surface area contributed by atoms with Crippen LogP contribution in [0, 0.1) is 11.3 Å². The van der Waals surface area contributed by atoms with E-state index in [1.807, 2.05) is 17.0 Å². The Kier molecular flexibility index (Phi) is 9.53. The van der Waals surface area contributed by atoms with E-state index in [0.717, 1.165) is 10.7 Å². The second-order valence-electron chi connectivity index (χ2n) is 6.34. The number of aromatic nitrogens is 2. The molecular formula is C19H18KN5O4S2. The fraction of sp³-hybridized carbons (Fsp3) is 0.211. The van der Waals surface area contributed by atoms with Crippen molar-refractivity contribution in [3.8, 4) is 6.07 Å². The molecule has 9 nitrogen and oxygen atoms in total. The summed E-state index contributed by atoms with van der Waals surface area (Å²) in [4.78, 5) is 14.2. The van der Waals surface area contributed by atoms with Crippen LogP contribution in [-0.2, 0) is 22.0 Å². The molecule has 3 rings (SSSR count). The van der Waals surface area contributed by atoms with Gasteiger partial charge in [0.2, 0.25) is 0 Å². The van der Waals surface area contributed by atoms with Gasteiger partial charge >= 0.3 is 51.4 Å². The van der Waals surface area contributed by atoms with Crippen LogP contribution in [0.5, 0.6) is 0 Å². The number of rotatable bonds is 7. The summed E-state index contributed by atoms with van der Waals surface area (Å²) in [5, 5.41) is 17.8. The van der Waals surface area contributed by atoms with Crippen LogP contribution in [-0.4, -0.2) is 41.0 Å². The van der Waals surface area contributed by atoms with Crippen LogP contribution in [0.25, 0.3) is 0 Å². The number of carbonyl (C=O) groups is 1. The van der Waals surface area contributed by atoms with Crippen LogP contribution in [0.4, 0.5) is 11.4 Å². The summed E-state index contributed by atoms with van der Waals surface area (Å²) < 4.78 is 34.4. The van der Waals surface area contributed by atoms with Gasteiger partial charge in [0.15, 0.2) is 0 Å². The summed E-state index contributed by atoms with van der Waals surface area (Å²) in [7, 11) is -2.53. The van der Waals surface area contributed by atoms with E-state index in [0.29, 0.717) is 10.7 Å². The van der Waals surface area contributed by atoms with Crippen molar-refractivity contribution in [2.75, 3.05) is 22.5 Å². The molecular weight excluding hydrogens is 465 g/mol. The second-order valence-corrected chi connectivity index (χ2v) is 8.88. The molecule has 0 radical (unpaired) electrons. The average Bonchev–Trinajstić information content (AvgIpc) is 3.22. The van der Waals surface area contributed by atoms with Gasteiger partial charge in [0.05, 0.1) is 27.0 Å². The number of benzene rings is 1. The van der Waals surface area contributed by atoms with Gasteiger partial charge in [-0.2, -0.15) is 10.4 Å². The van der Waals surface area contributed by atoms with Crippen molar-refractivity contribution in [3.63, 3.8) is 0 Å². The molecule has 0 atom stereocenters. The summed E-state index contributed by atoms with van der Waals surface area (Å²) in [5.41, 5.74) is 1.27. The number of nitriles is 1. The van der Waals surface area contributed by atoms with E-state index >= 15 is 0 Å². The second kappa shape index (κ2) is 11.4. The predicted octanol–water partition coefficient (Wildman–Crippen LogP) is -0.798. The standard InChI is InChI=1S/C19H19N5O4S2.K/c1-23-19-16(13-21-23)24(10-5-11-30(26,27)28)17(29-19)9-8-14(12-20)18(25)22-15-6-3-2-4-7-15;/h2-4,6-9,13H,5,10-11H2,1H3,(H,22,25)(H,26,27,28);/q;+1/p-1. The number of nitrogens with zero attached hydrogens (tertiary/aromatic N) is 4. The van der Waals surface area contributed by atoms with Crippen LogP contribution < -0.4 is 61.6 Å². The molecule has 1 aliphatic heterocycles. The van der Waals surface area contributed by atoms with E-state index in [-0.39, 0.29) is 69.9 Å². The Morgan fingerprint density at radius 1 is 1.35 bits per heavy atom. The molecule has 2 heterocycles. The Hall–Kier alpha value is -1.43. The number of hydrogen-bond donors (Lipinski definition) is 1. The van der Waals surface area contributed by atoms with Crippen molar-refractivity contribution < 1.29 is 69.1 Å². The predicted molar refractivity (Wildman–Crippen MR) is 112 cm³/mol. The first-order valence-corrected chi connectivity index (χ1v) is 11.3. The van der Waals surface area contributed by atoms with Gasteiger partial charge in [-0.3, -0.25) is 9.48 Å². The number of nitrogens with one attached hydrogen (secondary N) is 1. The minimum Gasteiger partial charge on any atom is -0.748 e. The number of aryl methyl sites for hydroxylation is 1. The number of anilines is 2. The van der Waals surface area contributed by atoms with Gasteiger partial charge in [0, 0.05) is 25.0 Å². The Balaban J connectivity index is 0.00000341. The molecule has 0 aliphatic carbocycles. The van der Waals surface area contributed by atoms with Crippen molar-refractivity contribution in [3.05, 3.63) is 59.3 Å². The average molecular weight is 484 g/mol. The maximum atomic E-state index is 12.4. The zero-order valence-electron chi connectivity index (χ0n) is 17.0. The number of para-hydroxylation sites is 1. The Morgan fingerprint density at radius 3 is 2.71 bits per heavy atom. The summed E-state index contributed by atoms with van der Waals surface area (Å²) in [5.74, 6) is -1.01. The zero-order chi connectivity index (χ0) is 21.7. The molecule has 1 aliphatic rings. The number of carbonyl (C=O) groups excluding carboxylic acids is 1. The van der Waals surface area contributed by atoms with E-state index in [1.165, 1.54) is 17.8 Å². The molecule has 12 heteroatoms. The van der Waals surface area contributed by atoms with Gasteiger partial charge in [-0.05, 0) is 30.7 Å². The normalized spacial score (nSPS) is 14.7. The van der Waals surface area contributed by atoms with Crippen molar-refractivity contribution in [1.29, 1.82) is 5.26 Å². The van der Waals surface area contributed by atoms with Crippen molar-refractivity contribution in [2.24, 2.45) is 7.05 Å². The molecule has 1 N–H and O–H groups in total. The van der Waals surface area contributed by atoms with Gasteiger partial charge < -0.3 is 14.8 Å². The quantitative estimate of drug-likeness (QED) is 0.234. The molecule has 0 fully saturated rings. The fourth-order valence-corrected chi connectivity index (χ4v) is 4.35. The molecule has 2 aromatic rings. The van der Waals surface area contributed by atoms with E-state index in [9.17, 15) is 23.0 Å². The van der Waals surface area contributed by atoms with Crippen molar-refractivity contribution in [2.45, 2.75) is 11.4 Å². The molecule has 0 spiro atoms. The SMILES string of the molecule is Cn1ncc2c1SC(=CC=C(C#N)C(=O)Nc1ccccc1)N2CCCS(=O)(=O)[O-].[K+]. The first-order chi connectivity index (χ1) is 14.3. The third-order valence-corrected chi connectivity index (χ3v) is 6.21. The summed E-state index contributed by atoms with van der Waals surface area (Å²) in [6.07, 6.45) is 4.82. The van der Waals surface area contributed by atoms with Crippen LogP contribution >= 0.6 is 11.8 Å². The first-order valence-electron chi connectivity index (χ1n) is 8.88. The Bertz CT molecular complexity index is 1150. The molecule has 1 amide bonds. The van der Waals surface area contributed by atoms with Gasteiger partial charge in [0.1, 0.15) is 16.7 Å². The molecule has 0 unspecified atom stereocenters. The molecule has 31 heavy (non-hydrogen) atoms. The summed E-state index contributed by atoms with van der Waals surface area (Å²) >= 11 is 1.38. The van der Waals surface area contributed by atoms with Gasteiger partial charge in [-0.1, -0.05) is 30.0 Å². The third kappa shape index (κ3) is 7.03. The Morgan fingerprint density at radius 2 is 2.06 bits per heavy atom. The molecule has 0 saturated heterocycles. The Labute approximate surface area is 227 Å². The van der Waals surface area contributed by atoms with E-state index in [4.69, 9.17) is 0 Å². The first kappa shape index (κ1) is 25.8. The maximum Gasteiger partial charge on any atom is 1.00 e. The number of allylic oxidation sites excluding steroid dienone is 2. The van der Waals surface area contributed by atoms with Crippen molar-refractivity contribution in [1.82, 2.24) is 9.78 Å². The zero-order valence-corrected chi connectivity index (χ0v) is 21.7. The third-order valence-electron chi connectivity index (χ3n) is 4.19. The molecule has 1 aromatic heterocycles. The van der Waals surface area contributed by atoms with Crippen LogP contribution in [0.2, 0.25) is 0 Å². The van der Waals surface area contributed by atoms with Crippen molar-refractivity contribution >= 4 is 39.2 Å². The summed E-state index contributed by atoms with van der Waals surface area (Å²) in [6, 6.07) is 10.7. The largest absolute Gasteiger partial charge is 1.00 e. The minimum atomic E-state index is -4.31. The minimum absolute atomic E-state index is 0. The molecule has 0 bridgehead atoms. The maximum absolute atomic E-state index is 12.4. The topological polar surface area (TPSA) is 131 Å². The number of fused-ring (bicyclic) bond motifs is 1. The van der Waals surface area contributed by atoms with E-state index in [1.54, 1.807) is 48.3 Å². The van der Waals surface area contributed by atoms with Crippen LogP contribution in [0.15, 0.2) is 64.3 Å². The smallest absolute Gasteiger partial charge is 0.748 e. The monoisotopic (exact) mass is 483 g/mol. The molecule has 1 aromatic carbocycles. The van der Waals surface area contributed by atoms with Gasteiger partial charge in [0.25, 0.3) is 5.91 Å². The van der Waals surface area contributed by atoms with Gasteiger partial charge in [-0.15, -0.1) is 0 Å². The number of hydrogen-bond acceptors (Lipinski definition) is 8. The molecule has 156 valence electrons. The summed E-state index contributed by atoms with van der Waals surface area (Å²) in [6.45, 7) is 0.283. The van der Waals surface area contributed by atoms with Crippen LogP contribution in [0.3, 0.4) is 0 Å². The van der Waals surface area contributed by atoms with Crippen LogP contribution in [0.1, 0.15) is 6.42 Å². The molecule has 0 saturated carbocycles. The fourth-order valence-electron chi connectivity index (χ4n) is 2.78. The van der Waals surface area contributed by atoms with E-state index in [2.05, 4.69) is 10.4 Å².